The quantitative estimate of drug-likeness (QED) is 0.834. The van der Waals surface area contributed by atoms with Crippen LogP contribution in [-0.4, -0.2) is 11.9 Å². The number of nitrogen functional groups attached to an aromatic ring is 1. The van der Waals surface area contributed by atoms with Gasteiger partial charge < -0.3 is 11.1 Å². The van der Waals surface area contributed by atoms with Crippen LogP contribution < -0.4 is 11.1 Å². The van der Waals surface area contributed by atoms with Crippen molar-refractivity contribution in [3.8, 4) is 0 Å². The third-order valence-electron chi connectivity index (χ3n) is 5.01. The van der Waals surface area contributed by atoms with Crippen LogP contribution in [0.15, 0.2) is 24.3 Å². The molecule has 0 aromatic heterocycles. The Hall–Kier alpha value is -1.51. The molecule has 1 unspecified atom stereocenters. The first-order valence-corrected chi connectivity index (χ1v) is 7.90. The minimum absolute atomic E-state index is 0.104. The van der Waals surface area contributed by atoms with Crippen LogP contribution in [0.3, 0.4) is 0 Å². The summed E-state index contributed by atoms with van der Waals surface area (Å²) in [6.07, 6.45) is 4.73. The van der Waals surface area contributed by atoms with Gasteiger partial charge in [-0.15, -0.1) is 0 Å². The molecule has 2 rings (SSSR count). The van der Waals surface area contributed by atoms with E-state index in [-0.39, 0.29) is 17.4 Å². The van der Waals surface area contributed by atoms with E-state index >= 15 is 0 Å². The van der Waals surface area contributed by atoms with E-state index in [0.717, 1.165) is 17.7 Å². The summed E-state index contributed by atoms with van der Waals surface area (Å²) < 4.78 is 0. The summed E-state index contributed by atoms with van der Waals surface area (Å²) in [5, 5.41) is 3.29. The van der Waals surface area contributed by atoms with Crippen LogP contribution in [0.5, 0.6) is 0 Å². The van der Waals surface area contributed by atoms with Gasteiger partial charge in [0, 0.05) is 11.7 Å². The number of anilines is 1. The van der Waals surface area contributed by atoms with Gasteiger partial charge in [0.25, 0.3) is 0 Å². The highest BCUT2D eigenvalue weighted by atomic mass is 16.2. The molecule has 1 fully saturated rings. The second-order valence-electron chi connectivity index (χ2n) is 7.51. The third kappa shape index (κ3) is 3.39. The second kappa shape index (κ2) is 5.70. The molecular weight excluding hydrogens is 260 g/mol. The monoisotopic (exact) mass is 288 g/mol. The lowest BCUT2D eigenvalue weighted by molar-refractivity contribution is -0.127. The lowest BCUT2D eigenvalue weighted by Gasteiger charge is -2.40. The predicted molar refractivity (Wildman–Crippen MR) is 88.1 cm³/mol. The zero-order chi connectivity index (χ0) is 15.7. The Morgan fingerprint density at radius 1 is 1.24 bits per heavy atom. The summed E-state index contributed by atoms with van der Waals surface area (Å²) in [5.74, 6) is 0.104. The summed E-state index contributed by atoms with van der Waals surface area (Å²) in [7, 11) is 0. The fourth-order valence-corrected chi connectivity index (χ4v) is 3.13. The predicted octanol–water partition coefficient (Wildman–Crippen LogP) is 3.63. The van der Waals surface area contributed by atoms with E-state index in [0.29, 0.717) is 0 Å². The molecule has 3 heteroatoms. The summed E-state index contributed by atoms with van der Waals surface area (Å²) in [5.41, 5.74) is 7.10. The number of hydrogen-bond acceptors (Lipinski definition) is 2. The molecular formula is C18H28N2O. The van der Waals surface area contributed by atoms with Crippen LogP contribution in [0.1, 0.15) is 58.9 Å². The van der Waals surface area contributed by atoms with Crippen LogP contribution in [0.25, 0.3) is 0 Å². The van der Waals surface area contributed by atoms with E-state index in [1.54, 1.807) is 0 Å². The van der Waals surface area contributed by atoms with Gasteiger partial charge in [-0.25, -0.2) is 0 Å². The minimum atomic E-state index is -0.540. The van der Waals surface area contributed by atoms with Gasteiger partial charge >= 0.3 is 0 Å². The lowest BCUT2D eigenvalue weighted by Crippen LogP contribution is -2.51. The highest BCUT2D eigenvalue weighted by molar-refractivity contribution is 5.87. The Morgan fingerprint density at radius 2 is 1.86 bits per heavy atom. The maximum Gasteiger partial charge on any atom is 0.230 e. The number of rotatable bonds is 3. The number of hydrogen-bond donors (Lipinski definition) is 2. The van der Waals surface area contributed by atoms with Crippen molar-refractivity contribution in [1.82, 2.24) is 5.32 Å². The largest absolute Gasteiger partial charge is 0.399 e. The van der Waals surface area contributed by atoms with E-state index in [2.05, 4.69) is 19.2 Å². The number of carbonyl (C=O) groups is 1. The number of amides is 1. The fourth-order valence-electron chi connectivity index (χ4n) is 3.13. The minimum Gasteiger partial charge on any atom is -0.399 e. The van der Waals surface area contributed by atoms with Crippen LogP contribution >= 0.6 is 0 Å². The lowest BCUT2D eigenvalue weighted by atomic mass is 9.72. The molecule has 1 atom stereocenters. The van der Waals surface area contributed by atoms with E-state index in [4.69, 9.17) is 5.73 Å². The first-order chi connectivity index (χ1) is 9.73. The number of carbonyl (C=O) groups excluding carboxylic acids is 1. The van der Waals surface area contributed by atoms with Gasteiger partial charge in [0.2, 0.25) is 5.91 Å². The van der Waals surface area contributed by atoms with Gasteiger partial charge in [0.05, 0.1) is 5.41 Å². The van der Waals surface area contributed by atoms with Crippen LogP contribution in [0, 0.1) is 5.41 Å². The first kappa shape index (κ1) is 15.9. The zero-order valence-corrected chi connectivity index (χ0v) is 13.7. The van der Waals surface area contributed by atoms with Gasteiger partial charge in [-0.1, -0.05) is 38.8 Å². The average molecular weight is 288 g/mol. The van der Waals surface area contributed by atoms with Gasteiger partial charge in [-0.3, -0.25) is 4.79 Å². The Balaban J connectivity index is 2.13. The van der Waals surface area contributed by atoms with Crippen molar-refractivity contribution < 1.29 is 4.79 Å². The molecule has 3 nitrogen and oxygen atoms in total. The smallest absolute Gasteiger partial charge is 0.230 e. The Labute approximate surface area is 128 Å². The molecule has 0 bridgehead atoms. The number of benzene rings is 1. The van der Waals surface area contributed by atoms with E-state index in [1.807, 2.05) is 38.1 Å². The van der Waals surface area contributed by atoms with Crippen molar-refractivity contribution in [3.05, 3.63) is 29.8 Å². The van der Waals surface area contributed by atoms with Gasteiger partial charge in [0.1, 0.15) is 0 Å². The Bertz CT molecular complexity index is 502. The van der Waals surface area contributed by atoms with Crippen molar-refractivity contribution in [3.63, 3.8) is 0 Å². The Morgan fingerprint density at radius 3 is 2.43 bits per heavy atom. The summed E-state index contributed by atoms with van der Waals surface area (Å²) >= 11 is 0. The maximum absolute atomic E-state index is 12.8. The van der Waals surface area contributed by atoms with Crippen molar-refractivity contribution in [2.45, 2.75) is 64.8 Å². The molecule has 3 N–H and O–H groups in total. The Kier molecular flexibility index (Phi) is 4.31. The molecule has 0 aliphatic heterocycles. The fraction of sp³-hybridized carbons (Fsp3) is 0.611. The summed E-state index contributed by atoms with van der Waals surface area (Å²) in [4.78, 5) is 12.8. The van der Waals surface area contributed by atoms with E-state index in [1.165, 1.54) is 19.3 Å². The molecule has 21 heavy (non-hydrogen) atoms. The van der Waals surface area contributed by atoms with Gasteiger partial charge in [-0.05, 0) is 49.8 Å². The molecule has 116 valence electrons. The molecule has 1 aliphatic carbocycles. The average Bonchev–Trinajstić information content (AvgIpc) is 2.41. The first-order valence-electron chi connectivity index (χ1n) is 7.90. The standard InChI is InChI=1S/C18H28N2O/c1-17(2)12-6-5-7-15(17)20-16(21)18(3,4)13-8-10-14(19)11-9-13/h8-11,15H,5-7,12,19H2,1-4H3,(H,20,21). The topological polar surface area (TPSA) is 55.1 Å². The molecule has 0 radical (unpaired) electrons. The van der Waals surface area contributed by atoms with Crippen LogP contribution in [-0.2, 0) is 10.2 Å². The molecule has 1 saturated carbocycles. The van der Waals surface area contributed by atoms with Crippen molar-refractivity contribution in [1.29, 1.82) is 0 Å². The van der Waals surface area contributed by atoms with Gasteiger partial charge in [0.15, 0.2) is 0 Å². The van der Waals surface area contributed by atoms with E-state index < -0.39 is 5.41 Å². The van der Waals surface area contributed by atoms with Crippen LogP contribution in [0.4, 0.5) is 5.69 Å². The number of nitrogens with two attached hydrogens (primary N) is 1. The molecule has 1 aliphatic rings. The number of nitrogens with one attached hydrogen (secondary N) is 1. The van der Waals surface area contributed by atoms with Crippen molar-refractivity contribution in [2.75, 3.05) is 5.73 Å². The SMILES string of the molecule is CC(C)(C(=O)NC1CCCCC1(C)C)c1ccc(N)cc1. The highest BCUT2D eigenvalue weighted by Crippen LogP contribution is 2.36. The van der Waals surface area contributed by atoms with Crippen LogP contribution in [0.2, 0.25) is 0 Å². The zero-order valence-electron chi connectivity index (χ0n) is 13.7. The van der Waals surface area contributed by atoms with Gasteiger partial charge in [-0.2, -0.15) is 0 Å². The van der Waals surface area contributed by atoms with Crippen molar-refractivity contribution in [2.24, 2.45) is 5.41 Å². The molecule has 1 aromatic rings. The molecule has 1 aromatic carbocycles. The molecule has 0 saturated heterocycles. The molecule has 0 spiro atoms. The third-order valence-corrected chi connectivity index (χ3v) is 5.01. The van der Waals surface area contributed by atoms with E-state index in [9.17, 15) is 4.79 Å². The molecule has 0 heterocycles. The maximum atomic E-state index is 12.8. The molecule has 1 amide bonds. The highest BCUT2D eigenvalue weighted by Gasteiger charge is 2.37. The van der Waals surface area contributed by atoms with Crippen molar-refractivity contribution >= 4 is 11.6 Å². The normalized spacial score (nSPS) is 21.8. The summed E-state index contributed by atoms with van der Waals surface area (Å²) in [6.45, 7) is 8.47. The second-order valence-corrected chi connectivity index (χ2v) is 7.51. The summed E-state index contributed by atoms with van der Waals surface area (Å²) in [6, 6.07) is 7.87.